The van der Waals surface area contributed by atoms with E-state index in [0.717, 1.165) is 5.75 Å². The van der Waals surface area contributed by atoms with Crippen molar-refractivity contribution in [2.24, 2.45) is 0 Å². The van der Waals surface area contributed by atoms with Crippen molar-refractivity contribution in [3.8, 4) is 0 Å². The molecule has 0 aromatic rings. The summed E-state index contributed by atoms with van der Waals surface area (Å²) in [4.78, 5) is 10.7. The Balaban J connectivity index is 2.27. The van der Waals surface area contributed by atoms with Crippen LogP contribution < -0.4 is 0 Å². The number of hydrogen-bond acceptors (Lipinski definition) is 4. The Morgan fingerprint density at radius 1 is 1.75 bits per heavy atom. The topological polar surface area (TPSA) is 35.5 Å². The van der Waals surface area contributed by atoms with Gasteiger partial charge in [-0.2, -0.15) is 11.8 Å². The van der Waals surface area contributed by atoms with E-state index in [1.54, 1.807) is 11.8 Å². The quantitative estimate of drug-likeness (QED) is 0.508. The van der Waals surface area contributed by atoms with Gasteiger partial charge in [-0.15, -0.1) is 11.6 Å². The van der Waals surface area contributed by atoms with E-state index in [1.165, 1.54) is 0 Å². The van der Waals surface area contributed by atoms with Crippen molar-refractivity contribution in [1.29, 1.82) is 0 Å². The minimum Gasteiger partial charge on any atom is -0.434 e. The third kappa shape index (κ3) is 3.21. The second-order valence-corrected chi connectivity index (χ2v) is 3.88. The van der Waals surface area contributed by atoms with Crippen LogP contribution in [0.4, 0.5) is 0 Å². The molecule has 1 aliphatic heterocycles. The Kier molecular flexibility index (Phi) is 4.18. The number of carbonyl (C=O) groups is 1. The van der Waals surface area contributed by atoms with Gasteiger partial charge in [0.2, 0.25) is 6.29 Å². The zero-order chi connectivity index (χ0) is 8.97. The lowest BCUT2D eigenvalue weighted by Crippen LogP contribution is -2.33. The van der Waals surface area contributed by atoms with E-state index in [0.29, 0.717) is 5.75 Å². The Morgan fingerprint density at radius 3 is 3.08 bits per heavy atom. The number of rotatable bonds is 2. The first-order valence-electron chi connectivity index (χ1n) is 3.71. The van der Waals surface area contributed by atoms with E-state index >= 15 is 0 Å². The molecule has 0 N–H and O–H groups in total. The Bertz CT molecular complexity index is 165. The van der Waals surface area contributed by atoms with Crippen molar-refractivity contribution >= 4 is 29.3 Å². The minimum atomic E-state index is -0.420. The van der Waals surface area contributed by atoms with Crippen LogP contribution in [0.1, 0.15) is 6.92 Å². The van der Waals surface area contributed by atoms with Crippen LogP contribution in [0.25, 0.3) is 0 Å². The molecule has 1 saturated heterocycles. The number of carbonyl (C=O) groups excluding carboxylic acids is 1. The van der Waals surface area contributed by atoms with Crippen LogP contribution in [-0.4, -0.2) is 35.7 Å². The average molecular weight is 211 g/mol. The first kappa shape index (κ1) is 10.2. The zero-order valence-corrected chi connectivity index (χ0v) is 8.36. The van der Waals surface area contributed by atoms with Crippen LogP contribution >= 0.6 is 23.4 Å². The van der Waals surface area contributed by atoms with Gasteiger partial charge in [-0.25, -0.2) is 0 Å². The predicted molar refractivity (Wildman–Crippen MR) is 48.5 cm³/mol. The highest BCUT2D eigenvalue weighted by Gasteiger charge is 2.22. The van der Waals surface area contributed by atoms with Gasteiger partial charge in [0.1, 0.15) is 5.88 Å². The molecule has 0 bridgehead atoms. The molecule has 2 atom stereocenters. The molecule has 12 heavy (non-hydrogen) atoms. The number of alkyl halides is 1. The Labute approximate surface area is 80.7 Å². The van der Waals surface area contributed by atoms with Gasteiger partial charge in [0.05, 0.1) is 11.9 Å². The fraction of sp³-hybridized carbons (Fsp3) is 0.857. The van der Waals surface area contributed by atoms with Crippen LogP contribution in [-0.2, 0) is 14.3 Å². The molecule has 0 spiro atoms. The SMILES string of the molecule is CC1CSCC(OC(=O)CCl)O1. The van der Waals surface area contributed by atoms with E-state index < -0.39 is 12.3 Å². The van der Waals surface area contributed by atoms with Gasteiger partial charge >= 0.3 is 5.97 Å². The Morgan fingerprint density at radius 2 is 2.50 bits per heavy atom. The maximum Gasteiger partial charge on any atom is 0.323 e. The van der Waals surface area contributed by atoms with E-state index in [1.807, 2.05) is 6.92 Å². The van der Waals surface area contributed by atoms with Gasteiger partial charge in [-0.1, -0.05) is 0 Å². The molecule has 1 rings (SSSR count). The molecule has 0 amide bonds. The standard InChI is InChI=1S/C7H11ClO3S/c1-5-3-12-4-7(10-5)11-6(9)2-8/h5,7H,2-4H2,1H3. The minimum absolute atomic E-state index is 0.112. The molecular weight excluding hydrogens is 200 g/mol. The second kappa shape index (κ2) is 4.94. The molecule has 1 heterocycles. The van der Waals surface area contributed by atoms with Crippen molar-refractivity contribution in [2.75, 3.05) is 17.4 Å². The van der Waals surface area contributed by atoms with Crippen molar-refractivity contribution < 1.29 is 14.3 Å². The number of hydrogen-bond donors (Lipinski definition) is 0. The smallest absolute Gasteiger partial charge is 0.323 e. The summed E-state index contributed by atoms with van der Waals surface area (Å²) in [5.41, 5.74) is 0. The summed E-state index contributed by atoms with van der Waals surface area (Å²) < 4.78 is 10.2. The van der Waals surface area contributed by atoms with Gasteiger partial charge in [0, 0.05) is 5.75 Å². The van der Waals surface area contributed by atoms with Gasteiger partial charge in [0.15, 0.2) is 0 Å². The van der Waals surface area contributed by atoms with Crippen LogP contribution in [0, 0.1) is 0 Å². The number of thioether (sulfide) groups is 1. The molecule has 70 valence electrons. The zero-order valence-electron chi connectivity index (χ0n) is 6.79. The lowest BCUT2D eigenvalue weighted by atomic mass is 10.4. The summed E-state index contributed by atoms with van der Waals surface area (Å²) in [5, 5.41) is 0. The van der Waals surface area contributed by atoms with Crippen LogP contribution in [0.15, 0.2) is 0 Å². The number of halogens is 1. The van der Waals surface area contributed by atoms with Crippen molar-refractivity contribution in [3.05, 3.63) is 0 Å². The highest BCUT2D eigenvalue weighted by molar-refractivity contribution is 7.99. The largest absolute Gasteiger partial charge is 0.434 e. The van der Waals surface area contributed by atoms with Crippen LogP contribution in [0.5, 0.6) is 0 Å². The average Bonchev–Trinajstić information content (AvgIpc) is 2.04. The van der Waals surface area contributed by atoms with Crippen LogP contribution in [0.2, 0.25) is 0 Å². The summed E-state index contributed by atoms with van der Waals surface area (Å²) in [6, 6.07) is 0. The first-order chi connectivity index (χ1) is 5.72. The normalized spacial score (nSPS) is 29.8. The van der Waals surface area contributed by atoms with E-state index in [2.05, 4.69) is 0 Å². The number of esters is 1. The van der Waals surface area contributed by atoms with Crippen LogP contribution in [0.3, 0.4) is 0 Å². The van der Waals surface area contributed by atoms with E-state index in [9.17, 15) is 4.79 Å². The first-order valence-corrected chi connectivity index (χ1v) is 5.40. The summed E-state index contributed by atoms with van der Waals surface area (Å²) in [6.45, 7) is 1.95. The van der Waals surface area contributed by atoms with Gasteiger partial charge in [-0.05, 0) is 6.92 Å². The molecular formula is C7H11ClO3S. The monoisotopic (exact) mass is 210 g/mol. The third-order valence-electron chi connectivity index (χ3n) is 1.36. The maximum absolute atomic E-state index is 10.7. The highest BCUT2D eigenvalue weighted by Crippen LogP contribution is 2.18. The fourth-order valence-electron chi connectivity index (χ4n) is 0.908. The molecule has 0 aromatic carbocycles. The summed E-state index contributed by atoms with van der Waals surface area (Å²) >= 11 is 6.99. The molecule has 2 unspecified atom stereocenters. The summed E-state index contributed by atoms with van der Waals surface area (Å²) in [5.74, 6) is 1.12. The second-order valence-electron chi connectivity index (χ2n) is 2.54. The molecule has 3 nitrogen and oxygen atoms in total. The van der Waals surface area contributed by atoms with E-state index in [4.69, 9.17) is 21.1 Å². The van der Waals surface area contributed by atoms with Crippen molar-refractivity contribution in [1.82, 2.24) is 0 Å². The predicted octanol–water partition coefficient (Wildman–Crippen LogP) is 1.25. The van der Waals surface area contributed by atoms with Gasteiger partial charge < -0.3 is 9.47 Å². The molecule has 5 heteroatoms. The lowest BCUT2D eigenvalue weighted by Gasteiger charge is -2.26. The van der Waals surface area contributed by atoms with Gasteiger partial charge in [0.25, 0.3) is 0 Å². The van der Waals surface area contributed by atoms with E-state index in [-0.39, 0.29) is 12.0 Å². The molecule has 0 aromatic heterocycles. The Hall–Kier alpha value is 0.0700. The molecule has 0 radical (unpaired) electrons. The molecule has 0 aliphatic carbocycles. The highest BCUT2D eigenvalue weighted by atomic mass is 35.5. The fourth-order valence-corrected chi connectivity index (χ4v) is 1.86. The van der Waals surface area contributed by atoms with Gasteiger partial charge in [-0.3, -0.25) is 4.79 Å². The molecule has 1 fully saturated rings. The van der Waals surface area contributed by atoms with Crippen molar-refractivity contribution in [3.63, 3.8) is 0 Å². The maximum atomic E-state index is 10.7. The third-order valence-corrected chi connectivity index (χ3v) is 2.79. The number of ether oxygens (including phenoxy) is 2. The van der Waals surface area contributed by atoms with Crippen molar-refractivity contribution in [2.45, 2.75) is 19.3 Å². The molecule has 1 aliphatic rings. The summed E-state index contributed by atoms with van der Waals surface area (Å²) in [7, 11) is 0. The summed E-state index contributed by atoms with van der Waals surface area (Å²) in [6.07, 6.45) is -0.262. The molecule has 0 saturated carbocycles. The lowest BCUT2D eigenvalue weighted by molar-refractivity contribution is -0.178.